The van der Waals surface area contributed by atoms with Gasteiger partial charge in [-0.3, -0.25) is 4.79 Å². The molecule has 1 aromatic rings. The number of hydrogen-bond acceptors (Lipinski definition) is 4. The van der Waals surface area contributed by atoms with Crippen molar-refractivity contribution in [3.63, 3.8) is 0 Å². The number of carbonyl (C=O) groups is 1. The van der Waals surface area contributed by atoms with Gasteiger partial charge in [0, 0.05) is 32.4 Å². The van der Waals surface area contributed by atoms with Crippen molar-refractivity contribution < 1.29 is 4.79 Å². The number of nitrogens with zero attached hydrogens (tertiary/aromatic N) is 2. The molecule has 2 heterocycles. The molecule has 1 fully saturated rings. The Morgan fingerprint density at radius 3 is 2.85 bits per heavy atom. The van der Waals surface area contributed by atoms with E-state index in [0.29, 0.717) is 12.1 Å². The summed E-state index contributed by atoms with van der Waals surface area (Å²) in [6.45, 7) is 6.56. The highest BCUT2D eigenvalue weighted by Crippen LogP contribution is 2.21. The van der Waals surface area contributed by atoms with Crippen LogP contribution in [0.2, 0.25) is 0 Å². The molecule has 2 rings (SSSR count). The van der Waals surface area contributed by atoms with Crippen LogP contribution in [0.4, 0.5) is 5.82 Å². The van der Waals surface area contributed by atoms with Crippen molar-refractivity contribution in [3.05, 3.63) is 23.9 Å². The summed E-state index contributed by atoms with van der Waals surface area (Å²) in [4.78, 5) is 18.8. The Kier molecular flexibility index (Phi) is 5.80. The van der Waals surface area contributed by atoms with Crippen LogP contribution in [0.25, 0.3) is 0 Å². The maximum absolute atomic E-state index is 12.2. The molecule has 5 nitrogen and oxygen atoms in total. The first-order chi connectivity index (χ1) is 9.83. The number of amides is 1. The highest BCUT2D eigenvalue weighted by molar-refractivity contribution is 5.98. The Hall–Kier alpha value is -1.62. The zero-order valence-corrected chi connectivity index (χ0v) is 12.2. The van der Waals surface area contributed by atoms with Crippen LogP contribution < -0.4 is 15.5 Å². The molecular weight excluding hydrogens is 252 g/mol. The number of aromatic nitrogens is 1. The quantitative estimate of drug-likeness (QED) is 0.739. The fourth-order valence-corrected chi connectivity index (χ4v) is 2.42. The van der Waals surface area contributed by atoms with Gasteiger partial charge in [0.15, 0.2) is 0 Å². The minimum atomic E-state index is -0.0294. The van der Waals surface area contributed by atoms with Gasteiger partial charge >= 0.3 is 0 Å². The summed E-state index contributed by atoms with van der Waals surface area (Å²) in [7, 11) is 0. The van der Waals surface area contributed by atoms with Crippen LogP contribution in [0, 0.1) is 0 Å². The Bertz CT molecular complexity index is 430. The molecule has 0 atom stereocenters. The van der Waals surface area contributed by atoms with E-state index >= 15 is 0 Å². The van der Waals surface area contributed by atoms with E-state index in [9.17, 15) is 4.79 Å². The lowest BCUT2D eigenvalue weighted by molar-refractivity contribution is 0.0954. The molecular formula is C15H24N4O. The average molecular weight is 276 g/mol. The standard InChI is InChI=1S/C15H24N4O/c1-2-7-16-9-10-18-15(20)13-6-5-8-17-14(13)19-11-3-4-12-19/h5-6,8,16H,2-4,7,9-12H2,1H3,(H,18,20). The van der Waals surface area contributed by atoms with Gasteiger partial charge in [-0.05, 0) is 37.9 Å². The molecule has 5 heteroatoms. The molecule has 0 radical (unpaired) electrons. The molecule has 0 saturated carbocycles. The molecule has 0 spiro atoms. The third-order valence-corrected chi connectivity index (χ3v) is 3.45. The van der Waals surface area contributed by atoms with Crippen LogP contribution in [-0.4, -0.2) is 43.6 Å². The van der Waals surface area contributed by atoms with Crippen molar-refractivity contribution >= 4 is 11.7 Å². The maximum Gasteiger partial charge on any atom is 0.255 e. The molecule has 110 valence electrons. The predicted molar refractivity (Wildman–Crippen MR) is 81.2 cm³/mol. The molecule has 20 heavy (non-hydrogen) atoms. The van der Waals surface area contributed by atoms with Gasteiger partial charge in [0.25, 0.3) is 5.91 Å². The van der Waals surface area contributed by atoms with Crippen LogP contribution in [0.3, 0.4) is 0 Å². The van der Waals surface area contributed by atoms with Gasteiger partial charge in [-0.1, -0.05) is 6.92 Å². The summed E-state index contributed by atoms with van der Waals surface area (Å²) in [6, 6.07) is 3.68. The van der Waals surface area contributed by atoms with Crippen molar-refractivity contribution in [2.24, 2.45) is 0 Å². The van der Waals surface area contributed by atoms with E-state index in [-0.39, 0.29) is 5.91 Å². The minimum absolute atomic E-state index is 0.0294. The smallest absolute Gasteiger partial charge is 0.255 e. The van der Waals surface area contributed by atoms with Gasteiger partial charge in [-0.25, -0.2) is 4.98 Å². The van der Waals surface area contributed by atoms with E-state index in [2.05, 4.69) is 27.4 Å². The predicted octanol–water partition coefficient (Wildman–Crippen LogP) is 1.41. The van der Waals surface area contributed by atoms with Gasteiger partial charge in [-0.2, -0.15) is 0 Å². The summed E-state index contributed by atoms with van der Waals surface area (Å²) < 4.78 is 0. The van der Waals surface area contributed by atoms with Crippen molar-refractivity contribution in [3.8, 4) is 0 Å². The summed E-state index contributed by atoms with van der Waals surface area (Å²) >= 11 is 0. The maximum atomic E-state index is 12.2. The van der Waals surface area contributed by atoms with Gasteiger partial charge in [0.05, 0.1) is 5.56 Å². The second-order valence-corrected chi connectivity index (χ2v) is 5.07. The summed E-state index contributed by atoms with van der Waals surface area (Å²) in [6.07, 6.45) is 5.22. The first-order valence-electron chi connectivity index (χ1n) is 7.52. The van der Waals surface area contributed by atoms with Crippen LogP contribution >= 0.6 is 0 Å². The van der Waals surface area contributed by atoms with Crippen LogP contribution in [-0.2, 0) is 0 Å². The van der Waals surface area contributed by atoms with E-state index in [1.54, 1.807) is 6.20 Å². The average Bonchev–Trinajstić information content (AvgIpc) is 3.01. The molecule has 0 aromatic carbocycles. The van der Waals surface area contributed by atoms with E-state index in [1.165, 1.54) is 12.8 Å². The van der Waals surface area contributed by atoms with Crippen LogP contribution in [0.1, 0.15) is 36.5 Å². The highest BCUT2D eigenvalue weighted by Gasteiger charge is 2.20. The van der Waals surface area contributed by atoms with E-state index in [4.69, 9.17) is 0 Å². The number of anilines is 1. The third kappa shape index (κ3) is 3.93. The zero-order chi connectivity index (χ0) is 14.2. The Morgan fingerprint density at radius 2 is 2.10 bits per heavy atom. The van der Waals surface area contributed by atoms with Gasteiger partial charge in [0.1, 0.15) is 5.82 Å². The number of hydrogen-bond donors (Lipinski definition) is 2. The molecule has 1 aliphatic heterocycles. The van der Waals surface area contributed by atoms with Crippen LogP contribution in [0.5, 0.6) is 0 Å². The topological polar surface area (TPSA) is 57.3 Å². The molecule has 1 aromatic heterocycles. The zero-order valence-electron chi connectivity index (χ0n) is 12.2. The normalized spacial score (nSPS) is 14.6. The lowest BCUT2D eigenvalue weighted by atomic mass is 10.2. The lowest BCUT2D eigenvalue weighted by Gasteiger charge is -2.19. The Morgan fingerprint density at radius 1 is 1.30 bits per heavy atom. The van der Waals surface area contributed by atoms with E-state index in [1.807, 2.05) is 12.1 Å². The molecule has 1 amide bonds. The van der Waals surface area contributed by atoms with E-state index < -0.39 is 0 Å². The number of pyridine rings is 1. The first-order valence-corrected chi connectivity index (χ1v) is 7.52. The van der Waals surface area contributed by atoms with Gasteiger partial charge in [-0.15, -0.1) is 0 Å². The fourth-order valence-electron chi connectivity index (χ4n) is 2.42. The summed E-state index contributed by atoms with van der Waals surface area (Å²) in [5, 5.41) is 6.22. The van der Waals surface area contributed by atoms with Crippen molar-refractivity contribution in [2.45, 2.75) is 26.2 Å². The Balaban J connectivity index is 1.92. The minimum Gasteiger partial charge on any atom is -0.356 e. The Labute approximate surface area is 120 Å². The van der Waals surface area contributed by atoms with Crippen molar-refractivity contribution in [1.82, 2.24) is 15.6 Å². The van der Waals surface area contributed by atoms with E-state index in [0.717, 1.165) is 38.4 Å². The fraction of sp³-hybridized carbons (Fsp3) is 0.600. The van der Waals surface area contributed by atoms with Gasteiger partial charge in [0.2, 0.25) is 0 Å². The monoisotopic (exact) mass is 276 g/mol. The number of nitrogens with one attached hydrogen (secondary N) is 2. The SMILES string of the molecule is CCCNCCNC(=O)c1cccnc1N1CCCC1. The summed E-state index contributed by atoms with van der Waals surface area (Å²) in [5.41, 5.74) is 0.685. The van der Waals surface area contributed by atoms with Crippen molar-refractivity contribution in [2.75, 3.05) is 37.6 Å². The number of rotatable bonds is 7. The van der Waals surface area contributed by atoms with Crippen LogP contribution in [0.15, 0.2) is 18.3 Å². The highest BCUT2D eigenvalue weighted by atomic mass is 16.1. The molecule has 0 aliphatic carbocycles. The third-order valence-electron chi connectivity index (χ3n) is 3.45. The molecule has 2 N–H and O–H groups in total. The molecule has 1 aliphatic rings. The lowest BCUT2D eigenvalue weighted by Crippen LogP contribution is -2.33. The molecule has 1 saturated heterocycles. The first kappa shape index (κ1) is 14.8. The summed E-state index contributed by atoms with van der Waals surface area (Å²) in [5.74, 6) is 0.794. The molecule has 0 unspecified atom stereocenters. The largest absolute Gasteiger partial charge is 0.356 e. The molecule has 0 bridgehead atoms. The number of carbonyl (C=O) groups excluding carboxylic acids is 1. The second kappa shape index (κ2) is 7.85. The van der Waals surface area contributed by atoms with Gasteiger partial charge < -0.3 is 15.5 Å². The second-order valence-electron chi connectivity index (χ2n) is 5.07. The van der Waals surface area contributed by atoms with Crippen molar-refractivity contribution in [1.29, 1.82) is 0 Å².